The molecule has 0 unspecified atom stereocenters. The minimum absolute atomic E-state index is 0. The molecule has 0 aliphatic heterocycles. The van der Waals surface area contributed by atoms with E-state index in [1.807, 2.05) is 77.2 Å². The normalized spacial score (nSPS) is 9.44. The molecular weight excluding hydrogens is 854 g/mol. The summed E-state index contributed by atoms with van der Waals surface area (Å²) in [7, 11) is 0. The molecule has 0 fully saturated rings. The molecule has 4 nitrogen and oxygen atoms in total. The van der Waals surface area contributed by atoms with Crippen molar-refractivity contribution >= 4 is 93.0 Å². The van der Waals surface area contributed by atoms with Gasteiger partial charge in [-0.2, -0.15) is 0 Å². The summed E-state index contributed by atoms with van der Waals surface area (Å²) in [6.45, 7) is 0.564. The Labute approximate surface area is 253 Å². The van der Waals surface area contributed by atoms with Crippen LogP contribution in [0.4, 0.5) is 0 Å². The molecule has 0 atom stereocenters. The Hall–Kier alpha value is -0.760. The average Bonchev–Trinajstić information content (AvgIpc) is 2.84. The van der Waals surface area contributed by atoms with Gasteiger partial charge in [0.25, 0.3) is 0 Å². The second-order valence-electron chi connectivity index (χ2n) is 6.30. The highest BCUT2D eigenvalue weighted by Crippen LogP contribution is 2.23. The molecule has 0 saturated heterocycles. The van der Waals surface area contributed by atoms with Crippen LogP contribution in [0.2, 0.25) is 0 Å². The van der Waals surface area contributed by atoms with Gasteiger partial charge in [-0.05, 0) is 100 Å². The van der Waals surface area contributed by atoms with E-state index in [-0.39, 0.29) is 13.2 Å². The minimum Gasteiger partial charge on any atom is -0.505 e. The fraction of sp³-hybridized carbons (Fsp3) is 0.120. The van der Waals surface area contributed by atoms with Gasteiger partial charge >= 0.3 is 0 Å². The number of aromatic nitrogens is 2. The van der Waals surface area contributed by atoms with Crippen molar-refractivity contribution in [3.63, 3.8) is 0 Å². The molecule has 0 amide bonds. The largest absolute Gasteiger partial charge is 0.505 e. The van der Waals surface area contributed by atoms with E-state index >= 15 is 0 Å². The van der Waals surface area contributed by atoms with Crippen LogP contribution in [-0.4, -0.2) is 15.1 Å². The summed E-state index contributed by atoms with van der Waals surface area (Å²) in [5.41, 5.74) is 2.48. The van der Waals surface area contributed by atoms with Crippen molar-refractivity contribution in [3.05, 3.63) is 113 Å². The molecule has 0 aliphatic carbocycles. The number of rotatable bonds is 4. The van der Waals surface area contributed by atoms with E-state index in [1.54, 1.807) is 18.5 Å². The van der Waals surface area contributed by atoms with Crippen molar-refractivity contribution in [2.45, 2.75) is 19.4 Å². The molecule has 2 aromatic heterocycles. The van der Waals surface area contributed by atoms with E-state index in [1.165, 1.54) is 5.56 Å². The Morgan fingerprint density at radius 2 is 1.26 bits per heavy atom. The summed E-state index contributed by atoms with van der Waals surface area (Å²) in [6, 6.07) is 23.9. The number of pyridine rings is 2. The van der Waals surface area contributed by atoms with Crippen LogP contribution in [0.1, 0.15) is 18.6 Å². The van der Waals surface area contributed by atoms with Crippen LogP contribution in [0.3, 0.4) is 0 Å². The van der Waals surface area contributed by atoms with Crippen LogP contribution < -0.4 is 4.74 Å². The molecular formula is C25H23Br3I2N2O2. The molecule has 2 heterocycles. The maximum atomic E-state index is 9.00. The summed E-state index contributed by atoms with van der Waals surface area (Å²) < 4.78 is 8.92. The molecule has 34 heavy (non-hydrogen) atoms. The molecule has 4 aromatic rings. The molecule has 1 N–H and O–H groups in total. The van der Waals surface area contributed by atoms with Crippen LogP contribution in [0.25, 0.3) is 0 Å². The van der Waals surface area contributed by atoms with Crippen molar-refractivity contribution in [2.24, 2.45) is 0 Å². The maximum absolute atomic E-state index is 9.00. The second kappa shape index (κ2) is 17.6. The Balaban J connectivity index is 0.000000274. The molecule has 0 bridgehead atoms. The number of ether oxygens (including phenoxy) is 1. The lowest BCUT2D eigenvalue weighted by Crippen LogP contribution is -1.97. The van der Waals surface area contributed by atoms with Crippen LogP contribution in [0.15, 0.2) is 94.1 Å². The first-order valence-corrected chi connectivity index (χ1v) is 14.3. The van der Waals surface area contributed by atoms with Gasteiger partial charge in [0.05, 0.1) is 0 Å². The molecule has 0 aliphatic rings. The highest BCUT2D eigenvalue weighted by Gasteiger charge is 2.03. The van der Waals surface area contributed by atoms with Crippen molar-refractivity contribution < 1.29 is 9.84 Å². The van der Waals surface area contributed by atoms with Gasteiger partial charge in [0.2, 0.25) is 0 Å². The first-order chi connectivity index (χ1) is 15.9. The lowest BCUT2D eigenvalue weighted by atomic mass is 10.2. The van der Waals surface area contributed by atoms with Gasteiger partial charge in [0, 0.05) is 26.7 Å². The molecule has 0 radical (unpaired) electrons. The molecule has 0 saturated carbocycles. The van der Waals surface area contributed by atoms with Gasteiger partial charge in [0.1, 0.15) is 19.8 Å². The summed E-state index contributed by atoms with van der Waals surface area (Å²) in [5.74, 6) is 1.02. The first-order valence-electron chi connectivity index (χ1n) is 9.46. The van der Waals surface area contributed by atoms with Crippen LogP contribution in [0.5, 0.6) is 11.5 Å². The highest BCUT2D eigenvalue weighted by molar-refractivity contribution is 14.1. The number of aromatic hydroxyl groups is 1. The molecule has 9 heteroatoms. The molecule has 4 rings (SSSR count). The number of nitrogens with zero attached hydrogens (tertiary/aromatic N) is 2. The van der Waals surface area contributed by atoms with E-state index < -0.39 is 0 Å². The number of halogens is 5. The number of benzene rings is 2. The Bertz CT molecular complexity index is 1120. The van der Waals surface area contributed by atoms with Gasteiger partial charge in [-0.3, -0.25) is 0 Å². The Morgan fingerprint density at radius 3 is 1.74 bits per heavy atom. The van der Waals surface area contributed by atoms with Crippen LogP contribution in [0, 0.1) is 7.40 Å². The molecule has 0 spiro atoms. The average molecular weight is 877 g/mol. The Kier molecular flexibility index (Phi) is 16.2. The summed E-state index contributed by atoms with van der Waals surface area (Å²) in [4.78, 5) is 8.07. The summed E-state index contributed by atoms with van der Waals surface area (Å²) in [5, 5.41) is 9.95. The van der Waals surface area contributed by atoms with Crippen molar-refractivity contribution in [3.8, 4) is 11.5 Å². The minimum atomic E-state index is 0. The lowest BCUT2D eigenvalue weighted by Gasteiger charge is -2.07. The fourth-order valence-corrected chi connectivity index (χ4v) is 3.97. The van der Waals surface area contributed by atoms with Gasteiger partial charge in [-0.25, -0.2) is 9.97 Å². The Morgan fingerprint density at radius 1 is 0.765 bits per heavy atom. The SMILES string of the molecule is BrCc1ccccc1.Brc1cnc(I)c(OCc2ccccc2)c1.C.Oc1cc(Br)cnc1I. The zero-order valence-corrected chi connectivity index (χ0v) is 26.2. The van der Waals surface area contributed by atoms with Crippen molar-refractivity contribution in [2.75, 3.05) is 0 Å². The van der Waals surface area contributed by atoms with Crippen LogP contribution in [-0.2, 0) is 11.9 Å². The molecule has 2 aromatic carbocycles. The first kappa shape index (κ1) is 31.3. The monoisotopic (exact) mass is 874 g/mol. The van der Waals surface area contributed by atoms with E-state index in [4.69, 9.17) is 9.84 Å². The zero-order chi connectivity index (χ0) is 24.1. The maximum Gasteiger partial charge on any atom is 0.152 e. The van der Waals surface area contributed by atoms with E-state index in [2.05, 4.69) is 92.5 Å². The van der Waals surface area contributed by atoms with Gasteiger partial charge in [-0.1, -0.05) is 84.0 Å². The summed E-state index contributed by atoms with van der Waals surface area (Å²) in [6.07, 6.45) is 3.40. The number of alkyl halides is 1. The zero-order valence-electron chi connectivity index (χ0n) is 17.1. The topological polar surface area (TPSA) is 55.2 Å². The third-order valence-corrected chi connectivity index (χ3v) is 6.95. The van der Waals surface area contributed by atoms with Gasteiger partial charge < -0.3 is 9.84 Å². The van der Waals surface area contributed by atoms with Gasteiger partial charge in [0.15, 0.2) is 5.75 Å². The van der Waals surface area contributed by atoms with Gasteiger partial charge in [-0.15, -0.1) is 0 Å². The van der Waals surface area contributed by atoms with E-state index in [9.17, 15) is 0 Å². The van der Waals surface area contributed by atoms with E-state index in [0.29, 0.717) is 10.3 Å². The third kappa shape index (κ3) is 12.3. The third-order valence-electron chi connectivity index (χ3n) is 3.80. The number of hydrogen-bond donors (Lipinski definition) is 1. The quantitative estimate of drug-likeness (QED) is 0.126. The predicted octanol–water partition coefficient (Wildman–Crippen LogP) is 9.40. The number of hydrogen-bond acceptors (Lipinski definition) is 4. The smallest absolute Gasteiger partial charge is 0.152 e. The highest BCUT2D eigenvalue weighted by atomic mass is 127. The second-order valence-corrected chi connectivity index (χ2v) is 10.7. The standard InChI is InChI=1S/C12H9BrINO.C7H7Br.C5H3BrINO.CH4/c13-10-6-11(12(14)15-7-10)16-8-9-4-2-1-3-5-9;8-6-7-4-2-1-3-5-7;6-3-1-4(9)5(7)8-2-3;/h1-7H,8H2;1-5H,6H2;1-2,9H;1H4. The van der Waals surface area contributed by atoms with Crippen molar-refractivity contribution in [1.29, 1.82) is 0 Å². The van der Waals surface area contributed by atoms with Crippen molar-refractivity contribution in [1.82, 2.24) is 9.97 Å². The summed E-state index contributed by atoms with van der Waals surface area (Å²) >= 11 is 14.0. The lowest BCUT2D eigenvalue weighted by molar-refractivity contribution is 0.302. The fourth-order valence-electron chi connectivity index (χ4n) is 2.22. The predicted molar refractivity (Wildman–Crippen MR) is 168 cm³/mol. The van der Waals surface area contributed by atoms with Crippen LogP contribution >= 0.6 is 93.0 Å². The molecule has 180 valence electrons. The van der Waals surface area contributed by atoms with E-state index in [0.717, 1.165) is 29.3 Å².